The van der Waals surface area contributed by atoms with Crippen LogP contribution < -0.4 is 5.32 Å². The Morgan fingerprint density at radius 3 is 2.50 bits per heavy atom. The molecule has 2 saturated carbocycles. The van der Waals surface area contributed by atoms with Crippen molar-refractivity contribution in [3.8, 4) is 11.5 Å². The maximum atomic E-state index is 14.3. The summed E-state index contributed by atoms with van der Waals surface area (Å²) in [4.78, 5) is 50.0. The molecule has 40 heavy (non-hydrogen) atoms. The van der Waals surface area contributed by atoms with Crippen LogP contribution in [0, 0.1) is 22.7 Å². The summed E-state index contributed by atoms with van der Waals surface area (Å²) in [5.41, 5.74) is -0.450. The fraction of sp³-hybridized carbons (Fsp3) is 0.419. The van der Waals surface area contributed by atoms with Crippen molar-refractivity contribution in [2.75, 3.05) is 5.32 Å². The number of phenols is 2. The SMILES string of the molecule is C[C@]12C[C@@]34C=C(c5ccc(C=O)cc5)C(=O)[C@@](C)(CCC(=O)Nc5c(O)ccc(C(=O)O)c5O)[C@@H]3[C@H](C[C@H]1C4)O2. The predicted molar refractivity (Wildman–Crippen MR) is 144 cm³/mol. The minimum Gasteiger partial charge on any atom is -0.506 e. The number of hydrogen-bond acceptors (Lipinski definition) is 7. The van der Waals surface area contributed by atoms with Gasteiger partial charge in [-0.3, -0.25) is 14.4 Å². The second-order valence-corrected chi connectivity index (χ2v) is 12.2. The molecule has 0 unspecified atom stereocenters. The third-order valence-corrected chi connectivity index (χ3v) is 9.86. The zero-order valence-corrected chi connectivity index (χ0v) is 22.3. The Morgan fingerprint density at radius 1 is 1.12 bits per heavy atom. The van der Waals surface area contributed by atoms with E-state index in [1.807, 2.05) is 6.92 Å². The van der Waals surface area contributed by atoms with Crippen LogP contribution in [-0.2, 0) is 14.3 Å². The van der Waals surface area contributed by atoms with E-state index in [4.69, 9.17) is 4.74 Å². The Balaban J connectivity index is 1.33. The van der Waals surface area contributed by atoms with Gasteiger partial charge in [0.05, 0.1) is 11.7 Å². The number of phenolic OH excluding ortho intramolecular Hbond substituents is 1. The van der Waals surface area contributed by atoms with Gasteiger partial charge in [0, 0.05) is 28.9 Å². The molecule has 0 radical (unpaired) electrons. The second-order valence-electron chi connectivity index (χ2n) is 12.2. The molecule has 9 nitrogen and oxygen atoms in total. The summed E-state index contributed by atoms with van der Waals surface area (Å²) < 4.78 is 6.54. The maximum Gasteiger partial charge on any atom is 0.339 e. The number of carboxylic acid groups (broad SMARTS) is 1. The van der Waals surface area contributed by atoms with E-state index < -0.39 is 34.4 Å². The lowest BCUT2D eigenvalue weighted by Crippen LogP contribution is -2.57. The monoisotopic (exact) mass is 545 g/mol. The number of aromatic carboxylic acids is 1. The van der Waals surface area contributed by atoms with Crippen molar-refractivity contribution in [1.82, 2.24) is 0 Å². The van der Waals surface area contributed by atoms with Gasteiger partial charge in [-0.1, -0.05) is 37.3 Å². The molecule has 1 spiro atoms. The molecule has 4 N–H and O–H groups in total. The van der Waals surface area contributed by atoms with Gasteiger partial charge in [-0.15, -0.1) is 0 Å². The van der Waals surface area contributed by atoms with E-state index in [2.05, 4.69) is 18.3 Å². The number of hydrogen-bond donors (Lipinski definition) is 4. The molecule has 6 atom stereocenters. The number of ether oxygens (including phenoxy) is 1. The summed E-state index contributed by atoms with van der Waals surface area (Å²) in [7, 11) is 0. The molecule has 2 aromatic rings. The Hall–Kier alpha value is -3.98. The zero-order chi connectivity index (χ0) is 28.6. The van der Waals surface area contributed by atoms with Crippen molar-refractivity contribution in [2.24, 2.45) is 22.7 Å². The number of carboxylic acids is 1. The molecule has 2 heterocycles. The van der Waals surface area contributed by atoms with Gasteiger partial charge in [0.2, 0.25) is 5.91 Å². The molecule has 2 saturated heterocycles. The summed E-state index contributed by atoms with van der Waals surface area (Å²) >= 11 is 0. The van der Waals surface area contributed by atoms with Gasteiger partial charge < -0.3 is 25.4 Å². The van der Waals surface area contributed by atoms with Crippen LogP contribution in [0.1, 0.15) is 72.2 Å². The molecule has 3 aliphatic carbocycles. The highest BCUT2D eigenvalue weighted by Crippen LogP contribution is 2.72. The molecule has 9 heteroatoms. The molecule has 1 amide bonds. The summed E-state index contributed by atoms with van der Waals surface area (Å²) in [6.45, 7) is 4.06. The highest BCUT2D eigenvalue weighted by atomic mass is 16.5. The number of nitrogens with one attached hydrogen (secondary N) is 1. The molecule has 208 valence electrons. The number of anilines is 1. The lowest BCUT2D eigenvalue weighted by Gasteiger charge is -2.56. The van der Waals surface area contributed by atoms with Crippen LogP contribution in [0.2, 0.25) is 0 Å². The summed E-state index contributed by atoms with van der Waals surface area (Å²) in [6, 6.07) is 9.08. The number of carbonyl (C=O) groups excluding carboxylic acids is 3. The number of benzene rings is 2. The average molecular weight is 546 g/mol. The Bertz CT molecular complexity index is 1500. The molecule has 2 aliphatic heterocycles. The summed E-state index contributed by atoms with van der Waals surface area (Å²) in [6.07, 6.45) is 5.45. The maximum absolute atomic E-state index is 14.3. The van der Waals surface area contributed by atoms with Crippen LogP contribution in [0.25, 0.3) is 5.57 Å². The van der Waals surface area contributed by atoms with Gasteiger partial charge >= 0.3 is 5.97 Å². The lowest BCUT2D eigenvalue weighted by atomic mass is 9.49. The summed E-state index contributed by atoms with van der Waals surface area (Å²) in [5.74, 6) is -2.99. The molecule has 5 aliphatic rings. The first-order valence-corrected chi connectivity index (χ1v) is 13.5. The smallest absolute Gasteiger partial charge is 0.339 e. The fourth-order valence-electron chi connectivity index (χ4n) is 8.22. The van der Waals surface area contributed by atoms with Gasteiger partial charge in [0.15, 0.2) is 11.5 Å². The second kappa shape index (κ2) is 8.76. The minimum absolute atomic E-state index is 0.0871. The Morgan fingerprint density at radius 2 is 1.85 bits per heavy atom. The average Bonchev–Trinajstić information content (AvgIpc) is 3.28. The van der Waals surface area contributed by atoms with E-state index in [0.29, 0.717) is 17.1 Å². The molecule has 2 aromatic carbocycles. The van der Waals surface area contributed by atoms with Crippen molar-refractivity contribution in [3.05, 3.63) is 59.2 Å². The van der Waals surface area contributed by atoms with Crippen molar-refractivity contribution in [1.29, 1.82) is 0 Å². The molecule has 0 aromatic heterocycles. The quantitative estimate of drug-likeness (QED) is 0.292. The first-order valence-electron chi connectivity index (χ1n) is 13.5. The largest absolute Gasteiger partial charge is 0.506 e. The molecule has 4 fully saturated rings. The number of allylic oxidation sites excluding steroid dienone is 2. The normalized spacial score (nSPS) is 33.4. The van der Waals surface area contributed by atoms with Gasteiger partial charge in [-0.2, -0.15) is 0 Å². The van der Waals surface area contributed by atoms with Crippen LogP contribution in [0.4, 0.5) is 5.69 Å². The van der Waals surface area contributed by atoms with E-state index in [9.17, 15) is 34.5 Å². The topological polar surface area (TPSA) is 150 Å². The number of rotatable bonds is 7. The van der Waals surface area contributed by atoms with E-state index in [0.717, 1.165) is 43.2 Å². The Labute approximate surface area is 230 Å². The van der Waals surface area contributed by atoms with E-state index in [1.165, 1.54) is 0 Å². The fourth-order valence-corrected chi connectivity index (χ4v) is 8.22. The van der Waals surface area contributed by atoms with Gasteiger partial charge in [0.25, 0.3) is 0 Å². The first-order chi connectivity index (χ1) is 18.9. The van der Waals surface area contributed by atoms with Crippen molar-refractivity contribution < 1.29 is 39.2 Å². The number of Topliss-reactive ketones (excluding diaryl/α,β-unsaturated/α-hetero) is 1. The van der Waals surface area contributed by atoms with Crippen LogP contribution in [0.15, 0.2) is 42.5 Å². The minimum atomic E-state index is -1.40. The summed E-state index contributed by atoms with van der Waals surface area (Å²) in [5, 5.41) is 32.2. The third kappa shape index (κ3) is 3.71. The van der Waals surface area contributed by atoms with Crippen molar-refractivity contribution >= 4 is 35.2 Å². The van der Waals surface area contributed by atoms with Gasteiger partial charge in [-0.05, 0) is 61.6 Å². The molecular weight excluding hydrogens is 514 g/mol. The van der Waals surface area contributed by atoms with Crippen LogP contribution in [0.3, 0.4) is 0 Å². The predicted octanol–water partition coefficient (Wildman–Crippen LogP) is 4.57. The molecule has 4 bridgehead atoms. The molecule has 7 rings (SSSR count). The lowest BCUT2D eigenvalue weighted by molar-refractivity contribution is -0.168. The highest BCUT2D eigenvalue weighted by Gasteiger charge is 2.72. The van der Waals surface area contributed by atoms with E-state index in [1.54, 1.807) is 24.3 Å². The van der Waals surface area contributed by atoms with E-state index >= 15 is 0 Å². The Kier molecular flexibility index (Phi) is 5.75. The van der Waals surface area contributed by atoms with Crippen LogP contribution in [-0.4, -0.2) is 51.0 Å². The van der Waals surface area contributed by atoms with Crippen LogP contribution in [0.5, 0.6) is 11.5 Å². The standard InChI is InChI=1S/C31H31NO8/c1-29(10-9-23(35)32-24-21(34)8-7-19(25(24)36)28(38)39)26-22-11-18-12-31(26,15-30(18,2)40-22)13-20(27(29)37)17-5-3-16(14-33)4-6-17/h3-8,13-14,18,22,26,34,36H,9-12,15H2,1-2H3,(H,32,35)(H,38,39)/t18-,22-,26-,29-,30-,31+/m0/s1. The number of aldehydes is 1. The third-order valence-electron chi connectivity index (χ3n) is 9.86. The van der Waals surface area contributed by atoms with Crippen molar-refractivity contribution in [3.63, 3.8) is 0 Å². The number of carbonyl (C=O) groups is 4. The number of aromatic hydroxyl groups is 2. The van der Waals surface area contributed by atoms with Crippen LogP contribution >= 0.6 is 0 Å². The first kappa shape index (κ1) is 26.3. The number of amides is 1. The van der Waals surface area contributed by atoms with E-state index in [-0.39, 0.29) is 47.4 Å². The highest BCUT2D eigenvalue weighted by molar-refractivity contribution is 6.24. The van der Waals surface area contributed by atoms with Gasteiger partial charge in [0.1, 0.15) is 23.3 Å². The zero-order valence-electron chi connectivity index (χ0n) is 22.3. The van der Waals surface area contributed by atoms with Gasteiger partial charge in [-0.25, -0.2) is 4.79 Å². The number of ketones is 1. The van der Waals surface area contributed by atoms with Crippen molar-refractivity contribution in [2.45, 2.75) is 57.7 Å². The molecular formula is C31H31NO8.